The maximum atomic E-state index is 6.28. The lowest BCUT2D eigenvalue weighted by atomic mass is 9.99. The molecule has 1 aliphatic rings. The van der Waals surface area contributed by atoms with Gasteiger partial charge >= 0.3 is 0 Å². The molecule has 1 aromatic rings. The minimum Gasteiger partial charge on any atom is -0.321 e. The van der Waals surface area contributed by atoms with Gasteiger partial charge in [0.05, 0.1) is 0 Å². The Balaban J connectivity index is 2.47. The topological polar surface area (TPSA) is 26.0 Å². The highest BCUT2D eigenvalue weighted by Crippen LogP contribution is 2.49. The van der Waals surface area contributed by atoms with Crippen molar-refractivity contribution in [2.24, 2.45) is 11.7 Å². The molecular weight excluding hydrogens is 238 g/mol. The van der Waals surface area contributed by atoms with E-state index in [4.69, 9.17) is 5.73 Å². The van der Waals surface area contributed by atoms with E-state index in [0.717, 1.165) is 6.42 Å². The van der Waals surface area contributed by atoms with Crippen molar-refractivity contribution in [1.82, 2.24) is 0 Å². The maximum Gasteiger partial charge on any atom is 0.0439 e. The molecule has 2 rings (SSSR count). The third-order valence-corrected chi connectivity index (χ3v) is 4.59. The van der Waals surface area contributed by atoms with Gasteiger partial charge in [0.1, 0.15) is 0 Å². The Labute approximate surface area is 93.8 Å². The predicted molar refractivity (Wildman–Crippen MR) is 63.3 cm³/mol. The third-order valence-electron chi connectivity index (χ3n) is 3.34. The molecule has 14 heavy (non-hydrogen) atoms. The molecule has 0 radical (unpaired) electrons. The fourth-order valence-electron chi connectivity index (χ4n) is 2.06. The first-order valence-electron chi connectivity index (χ1n) is 5.01. The summed E-state index contributed by atoms with van der Waals surface area (Å²) in [5, 5.41) is 0. The third kappa shape index (κ3) is 1.41. The van der Waals surface area contributed by atoms with E-state index in [9.17, 15) is 0 Å². The van der Waals surface area contributed by atoms with Gasteiger partial charge in [-0.15, -0.1) is 0 Å². The molecule has 2 unspecified atom stereocenters. The van der Waals surface area contributed by atoms with Crippen molar-refractivity contribution in [2.75, 3.05) is 0 Å². The molecule has 0 heterocycles. The van der Waals surface area contributed by atoms with Crippen LogP contribution in [0.2, 0.25) is 0 Å². The Hall–Kier alpha value is -0.340. The minimum atomic E-state index is -0.0454. The standard InChI is InChI=1S/C12H16BrN/c1-7-4-10(5-8(2)11(7)13)12(14)6-9(12)3/h4-5,9H,6,14H2,1-3H3. The number of hydrogen-bond donors (Lipinski definition) is 1. The summed E-state index contributed by atoms with van der Waals surface area (Å²) in [6, 6.07) is 4.42. The zero-order valence-corrected chi connectivity index (χ0v) is 10.5. The van der Waals surface area contributed by atoms with Crippen LogP contribution in [0.3, 0.4) is 0 Å². The SMILES string of the molecule is Cc1cc(C2(N)CC2C)cc(C)c1Br. The second-order valence-corrected chi connectivity index (χ2v) is 5.36. The van der Waals surface area contributed by atoms with Gasteiger partial charge in [0.2, 0.25) is 0 Å². The Morgan fingerprint density at radius 2 is 1.79 bits per heavy atom. The Morgan fingerprint density at radius 3 is 2.14 bits per heavy atom. The van der Waals surface area contributed by atoms with Gasteiger partial charge < -0.3 is 5.73 Å². The summed E-state index contributed by atoms with van der Waals surface area (Å²) in [7, 11) is 0. The Morgan fingerprint density at radius 1 is 1.36 bits per heavy atom. The summed E-state index contributed by atoms with van der Waals surface area (Å²) in [5.74, 6) is 0.627. The molecule has 2 heteroatoms. The van der Waals surface area contributed by atoms with Crippen molar-refractivity contribution in [3.63, 3.8) is 0 Å². The van der Waals surface area contributed by atoms with E-state index in [2.05, 4.69) is 48.8 Å². The van der Waals surface area contributed by atoms with Crippen molar-refractivity contribution in [3.8, 4) is 0 Å². The highest BCUT2D eigenvalue weighted by atomic mass is 79.9. The number of benzene rings is 1. The second-order valence-electron chi connectivity index (χ2n) is 4.57. The first-order valence-corrected chi connectivity index (χ1v) is 5.80. The number of halogens is 1. The van der Waals surface area contributed by atoms with Crippen molar-refractivity contribution in [3.05, 3.63) is 33.3 Å². The van der Waals surface area contributed by atoms with E-state index in [1.54, 1.807) is 0 Å². The predicted octanol–water partition coefficient (Wildman–Crippen LogP) is 3.26. The summed E-state index contributed by atoms with van der Waals surface area (Å²) in [5.41, 5.74) is 10.1. The monoisotopic (exact) mass is 253 g/mol. The molecule has 0 aromatic heterocycles. The zero-order chi connectivity index (χ0) is 10.5. The van der Waals surface area contributed by atoms with Gasteiger partial charge in [-0.3, -0.25) is 0 Å². The van der Waals surface area contributed by atoms with E-state index in [-0.39, 0.29) is 5.54 Å². The van der Waals surface area contributed by atoms with Crippen LogP contribution in [0.25, 0.3) is 0 Å². The first-order chi connectivity index (χ1) is 6.45. The van der Waals surface area contributed by atoms with E-state index >= 15 is 0 Å². The van der Waals surface area contributed by atoms with Crippen molar-refractivity contribution in [2.45, 2.75) is 32.7 Å². The lowest BCUT2D eigenvalue weighted by Crippen LogP contribution is -2.21. The Bertz CT molecular complexity index is 363. The number of hydrogen-bond acceptors (Lipinski definition) is 1. The summed E-state index contributed by atoms with van der Waals surface area (Å²) in [6.45, 7) is 6.46. The van der Waals surface area contributed by atoms with E-state index in [1.807, 2.05) is 0 Å². The van der Waals surface area contributed by atoms with Gasteiger partial charge in [-0.1, -0.05) is 35.0 Å². The van der Waals surface area contributed by atoms with E-state index in [1.165, 1.54) is 21.2 Å². The minimum absolute atomic E-state index is 0.0454. The number of rotatable bonds is 1. The molecule has 2 atom stereocenters. The van der Waals surface area contributed by atoms with Gasteiger partial charge in [0.25, 0.3) is 0 Å². The van der Waals surface area contributed by atoms with Gasteiger partial charge in [0, 0.05) is 10.0 Å². The van der Waals surface area contributed by atoms with Crippen LogP contribution >= 0.6 is 15.9 Å². The van der Waals surface area contributed by atoms with Crippen LogP contribution in [0.4, 0.5) is 0 Å². The summed E-state index contributed by atoms with van der Waals surface area (Å²) < 4.78 is 1.21. The van der Waals surface area contributed by atoms with Gasteiger partial charge in [-0.25, -0.2) is 0 Å². The molecule has 2 N–H and O–H groups in total. The maximum absolute atomic E-state index is 6.28. The Kier molecular flexibility index (Phi) is 2.24. The van der Waals surface area contributed by atoms with Crippen molar-refractivity contribution in [1.29, 1.82) is 0 Å². The molecule has 1 aromatic carbocycles. The van der Waals surface area contributed by atoms with Gasteiger partial charge in [-0.2, -0.15) is 0 Å². The molecule has 0 saturated heterocycles. The fourth-order valence-corrected chi connectivity index (χ4v) is 2.29. The molecule has 0 bridgehead atoms. The van der Waals surface area contributed by atoms with Crippen molar-refractivity contribution >= 4 is 15.9 Å². The van der Waals surface area contributed by atoms with E-state index in [0.29, 0.717) is 5.92 Å². The molecule has 0 aliphatic heterocycles. The highest BCUT2D eigenvalue weighted by Gasteiger charge is 2.48. The van der Waals surface area contributed by atoms with Gasteiger partial charge in [-0.05, 0) is 42.9 Å². The van der Waals surface area contributed by atoms with Crippen LogP contribution in [0, 0.1) is 19.8 Å². The first kappa shape index (κ1) is 10.2. The molecule has 76 valence electrons. The smallest absolute Gasteiger partial charge is 0.0439 e. The number of nitrogens with two attached hydrogens (primary N) is 1. The largest absolute Gasteiger partial charge is 0.321 e. The molecular formula is C12H16BrN. The quantitative estimate of drug-likeness (QED) is 0.817. The average molecular weight is 254 g/mol. The molecule has 1 aliphatic carbocycles. The molecule has 0 spiro atoms. The van der Waals surface area contributed by atoms with Crippen LogP contribution in [0.1, 0.15) is 30.0 Å². The lowest BCUT2D eigenvalue weighted by molar-refractivity contribution is 0.663. The summed E-state index contributed by atoms with van der Waals surface area (Å²) >= 11 is 3.57. The van der Waals surface area contributed by atoms with Crippen LogP contribution in [-0.4, -0.2) is 0 Å². The summed E-state index contributed by atoms with van der Waals surface area (Å²) in [4.78, 5) is 0. The van der Waals surface area contributed by atoms with Crippen LogP contribution in [0.5, 0.6) is 0 Å². The molecule has 1 fully saturated rings. The normalized spacial score (nSPS) is 30.5. The molecule has 0 amide bonds. The number of aryl methyl sites for hydroxylation is 2. The van der Waals surface area contributed by atoms with E-state index < -0.39 is 0 Å². The van der Waals surface area contributed by atoms with Crippen LogP contribution in [0.15, 0.2) is 16.6 Å². The molecule has 1 nitrogen and oxygen atoms in total. The highest BCUT2D eigenvalue weighted by molar-refractivity contribution is 9.10. The summed E-state index contributed by atoms with van der Waals surface area (Å²) in [6.07, 6.45) is 1.12. The van der Waals surface area contributed by atoms with Crippen LogP contribution in [-0.2, 0) is 5.54 Å². The van der Waals surface area contributed by atoms with Gasteiger partial charge in [0.15, 0.2) is 0 Å². The second kappa shape index (κ2) is 3.07. The molecule has 1 saturated carbocycles. The fraction of sp³-hybridized carbons (Fsp3) is 0.500. The lowest BCUT2D eigenvalue weighted by Gasteiger charge is -2.14. The van der Waals surface area contributed by atoms with Crippen LogP contribution < -0.4 is 5.73 Å². The average Bonchev–Trinajstić information content (AvgIpc) is 2.71. The zero-order valence-electron chi connectivity index (χ0n) is 8.89. The van der Waals surface area contributed by atoms with Crippen molar-refractivity contribution < 1.29 is 0 Å².